The molecule has 0 bridgehead atoms. The van der Waals surface area contributed by atoms with Gasteiger partial charge < -0.3 is 25.2 Å². The van der Waals surface area contributed by atoms with Gasteiger partial charge in [-0.15, -0.1) is 0 Å². The number of ether oxygens (including phenoxy) is 1. The summed E-state index contributed by atoms with van der Waals surface area (Å²) in [7, 11) is 0. The summed E-state index contributed by atoms with van der Waals surface area (Å²) >= 11 is 0. The second kappa shape index (κ2) is 12.8. The van der Waals surface area contributed by atoms with Crippen LogP contribution in [0.25, 0.3) is 22.2 Å². The molecular formula is C33H45N7O4. The third-order valence-corrected chi connectivity index (χ3v) is 8.22. The van der Waals surface area contributed by atoms with Crippen LogP contribution in [0, 0.1) is 6.92 Å². The van der Waals surface area contributed by atoms with Crippen molar-refractivity contribution in [1.82, 2.24) is 29.7 Å². The summed E-state index contributed by atoms with van der Waals surface area (Å²) in [5.74, 6) is 0.457. The van der Waals surface area contributed by atoms with E-state index in [1.54, 1.807) is 11.1 Å². The van der Waals surface area contributed by atoms with Crippen molar-refractivity contribution in [3.63, 3.8) is 0 Å². The van der Waals surface area contributed by atoms with Crippen LogP contribution in [0.2, 0.25) is 0 Å². The quantitative estimate of drug-likeness (QED) is 0.404. The van der Waals surface area contributed by atoms with Gasteiger partial charge in [-0.05, 0) is 84.4 Å². The number of benzene rings is 1. The van der Waals surface area contributed by atoms with Gasteiger partial charge in [0.05, 0.1) is 0 Å². The lowest BCUT2D eigenvalue weighted by atomic mass is 9.99. The molecule has 2 aromatic heterocycles. The van der Waals surface area contributed by atoms with Gasteiger partial charge in [0.1, 0.15) is 11.2 Å². The van der Waals surface area contributed by atoms with E-state index in [0.717, 1.165) is 29.4 Å². The normalized spacial score (nSPS) is 16.8. The number of nitrogens with one attached hydrogen (secondary N) is 2. The number of carbonyl (C=O) groups excluding carboxylic acids is 2. The minimum atomic E-state index is -0.531. The maximum Gasteiger partial charge on any atom is 0.410 e. The van der Waals surface area contributed by atoms with Crippen LogP contribution in [-0.2, 0) is 4.74 Å². The molecule has 3 amide bonds. The summed E-state index contributed by atoms with van der Waals surface area (Å²) < 4.78 is 7.36. The Kier molecular flexibility index (Phi) is 9.12. The van der Waals surface area contributed by atoms with E-state index in [1.807, 2.05) is 81.3 Å². The predicted octanol–water partition coefficient (Wildman–Crippen LogP) is 5.33. The Balaban J connectivity index is 1.41. The molecule has 0 spiro atoms. The maximum atomic E-state index is 14.2. The minimum Gasteiger partial charge on any atom is -0.444 e. The lowest BCUT2D eigenvalue weighted by Crippen LogP contribution is -2.47. The third-order valence-electron chi connectivity index (χ3n) is 8.22. The third kappa shape index (κ3) is 7.14. The first-order valence-electron chi connectivity index (χ1n) is 15.7. The number of nitrogens with zero attached hydrogens (tertiary/aromatic N) is 5. The lowest BCUT2D eigenvalue weighted by Gasteiger charge is -2.34. The number of urea groups is 1. The number of aromatic nitrogens is 3. The molecule has 0 radical (unpaired) electrons. The number of fused-ring (bicyclic) bond motifs is 1. The molecular weight excluding hydrogens is 558 g/mol. The number of hydrogen-bond donors (Lipinski definition) is 2. The van der Waals surface area contributed by atoms with Crippen molar-refractivity contribution in [1.29, 1.82) is 0 Å². The van der Waals surface area contributed by atoms with E-state index in [4.69, 9.17) is 9.72 Å². The largest absolute Gasteiger partial charge is 0.444 e. The molecule has 5 rings (SSSR count). The van der Waals surface area contributed by atoms with Crippen molar-refractivity contribution in [3.05, 3.63) is 52.4 Å². The number of amides is 3. The van der Waals surface area contributed by atoms with Gasteiger partial charge >= 0.3 is 12.1 Å². The molecule has 0 atom stereocenters. The van der Waals surface area contributed by atoms with Crippen LogP contribution in [-0.4, -0.2) is 80.3 Å². The summed E-state index contributed by atoms with van der Waals surface area (Å²) in [6.45, 7) is 13.8. The molecule has 4 heterocycles. The van der Waals surface area contributed by atoms with Crippen molar-refractivity contribution < 1.29 is 14.3 Å². The van der Waals surface area contributed by atoms with E-state index in [1.165, 1.54) is 0 Å². The van der Waals surface area contributed by atoms with Gasteiger partial charge in [0.25, 0.3) is 5.56 Å². The number of carbonyl (C=O) groups is 2. The van der Waals surface area contributed by atoms with Crippen molar-refractivity contribution in [2.24, 2.45) is 0 Å². The molecule has 0 saturated carbocycles. The van der Waals surface area contributed by atoms with Crippen molar-refractivity contribution in [3.8, 4) is 11.1 Å². The topological polar surface area (TPSA) is 122 Å². The van der Waals surface area contributed by atoms with E-state index in [2.05, 4.69) is 15.6 Å². The Morgan fingerprint density at radius 1 is 0.977 bits per heavy atom. The zero-order chi connectivity index (χ0) is 31.6. The highest BCUT2D eigenvalue weighted by Gasteiger charge is 2.29. The summed E-state index contributed by atoms with van der Waals surface area (Å²) in [6.07, 6.45) is 4.25. The van der Waals surface area contributed by atoms with Crippen LogP contribution >= 0.6 is 0 Å². The number of rotatable bonds is 5. The standard InChI is InChI=1S/C33H45N7O4/c1-21(2)35-31(42)38-17-13-25(14-18-38)40-28-23(19-27(29(40)41)26-10-8-7-9-22(26)3)20-34-30(37-28)36-24-11-15-39(16-12-24)32(43)44-33(4,5)6/h7-10,19-21,24-25H,11-18H2,1-6H3,(H,35,42)(H,34,36,37). The van der Waals surface area contributed by atoms with Gasteiger partial charge in [-0.1, -0.05) is 24.3 Å². The first-order valence-corrected chi connectivity index (χ1v) is 15.7. The maximum absolute atomic E-state index is 14.2. The molecule has 2 aliphatic rings. The van der Waals surface area contributed by atoms with Crippen molar-refractivity contribution >= 4 is 29.1 Å². The van der Waals surface area contributed by atoms with Gasteiger partial charge in [0, 0.05) is 61.5 Å². The van der Waals surface area contributed by atoms with E-state index in [9.17, 15) is 14.4 Å². The summed E-state index contributed by atoms with van der Waals surface area (Å²) in [5.41, 5.74) is 2.49. The summed E-state index contributed by atoms with van der Waals surface area (Å²) in [4.78, 5) is 52.5. The Bertz CT molecular complexity index is 1560. The van der Waals surface area contributed by atoms with Crippen molar-refractivity contribution in [2.45, 2.75) is 91.0 Å². The molecule has 44 heavy (non-hydrogen) atoms. The fourth-order valence-corrected chi connectivity index (χ4v) is 5.98. The number of likely N-dealkylation sites (tertiary alicyclic amines) is 2. The molecule has 2 saturated heterocycles. The molecule has 236 valence electrons. The van der Waals surface area contributed by atoms with Crippen LogP contribution in [0.3, 0.4) is 0 Å². The SMILES string of the molecule is Cc1ccccc1-c1cc2cnc(NC3CCN(C(=O)OC(C)(C)C)CC3)nc2n(C2CCN(C(=O)NC(C)C)CC2)c1=O. The highest BCUT2D eigenvalue weighted by atomic mass is 16.6. The minimum absolute atomic E-state index is 0.0600. The van der Waals surface area contributed by atoms with Crippen LogP contribution < -0.4 is 16.2 Å². The predicted molar refractivity (Wildman–Crippen MR) is 172 cm³/mol. The lowest BCUT2D eigenvalue weighted by molar-refractivity contribution is 0.0210. The smallest absolute Gasteiger partial charge is 0.410 e. The Morgan fingerprint density at radius 2 is 1.64 bits per heavy atom. The van der Waals surface area contributed by atoms with Crippen LogP contribution in [0.1, 0.15) is 71.9 Å². The molecule has 1 aromatic carbocycles. The number of aryl methyl sites for hydroxylation is 1. The van der Waals surface area contributed by atoms with Gasteiger partial charge in [-0.3, -0.25) is 9.36 Å². The van der Waals surface area contributed by atoms with Crippen LogP contribution in [0.4, 0.5) is 15.5 Å². The highest BCUT2D eigenvalue weighted by molar-refractivity contribution is 5.82. The average molecular weight is 604 g/mol. The zero-order valence-electron chi connectivity index (χ0n) is 26.7. The van der Waals surface area contributed by atoms with Gasteiger partial charge in [0.2, 0.25) is 5.95 Å². The zero-order valence-corrected chi connectivity index (χ0v) is 26.7. The fraction of sp³-hybridized carbons (Fsp3) is 0.545. The first-order chi connectivity index (χ1) is 20.9. The molecule has 3 aromatic rings. The monoisotopic (exact) mass is 603 g/mol. The van der Waals surface area contributed by atoms with Crippen LogP contribution in [0.15, 0.2) is 41.3 Å². The first kappa shape index (κ1) is 31.3. The molecule has 11 heteroatoms. The summed E-state index contributed by atoms with van der Waals surface area (Å²) in [5, 5.41) is 7.20. The Morgan fingerprint density at radius 3 is 2.27 bits per heavy atom. The van der Waals surface area contributed by atoms with Gasteiger partial charge in [-0.2, -0.15) is 4.98 Å². The number of anilines is 1. The molecule has 2 aliphatic heterocycles. The number of piperidine rings is 2. The Labute approximate surface area is 259 Å². The Hall–Kier alpha value is -4.15. The van der Waals surface area contributed by atoms with E-state index >= 15 is 0 Å². The number of pyridine rings is 1. The molecule has 11 nitrogen and oxygen atoms in total. The highest BCUT2D eigenvalue weighted by Crippen LogP contribution is 2.29. The molecule has 2 fully saturated rings. The average Bonchev–Trinajstić information content (AvgIpc) is 2.97. The summed E-state index contributed by atoms with van der Waals surface area (Å²) in [6, 6.07) is 9.74. The second-order valence-electron chi connectivity index (χ2n) is 13.2. The van der Waals surface area contributed by atoms with Crippen LogP contribution in [0.5, 0.6) is 0 Å². The van der Waals surface area contributed by atoms with Gasteiger partial charge in [-0.25, -0.2) is 14.6 Å². The van der Waals surface area contributed by atoms with E-state index in [0.29, 0.717) is 56.2 Å². The van der Waals surface area contributed by atoms with E-state index in [-0.39, 0.29) is 35.8 Å². The fourth-order valence-electron chi connectivity index (χ4n) is 5.98. The van der Waals surface area contributed by atoms with Gasteiger partial charge in [0.15, 0.2) is 0 Å². The second-order valence-corrected chi connectivity index (χ2v) is 13.2. The molecule has 2 N–H and O–H groups in total. The molecule has 0 unspecified atom stereocenters. The van der Waals surface area contributed by atoms with E-state index < -0.39 is 5.60 Å². The van der Waals surface area contributed by atoms with Crippen molar-refractivity contribution in [2.75, 3.05) is 31.5 Å². The molecule has 0 aliphatic carbocycles. The number of hydrogen-bond acceptors (Lipinski definition) is 7.